The average Bonchev–Trinajstić information content (AvgIpc) is 2.78. The van der Waals surface area contributed by atoms with Crippen molar-refractivity contribution >= 4 is 0 Å². The lowest BCUT2D eigenvalue weighted by molar-refractivity contribution is 0.0776. The van der Waals surface area contributed by atoms with Gasteiger partial charge in [-0.2, -0.15) is 0 Å². The molecule has 0 aromatic heterocycles. The van der Waals surface area contributed by atoms with Crippen molar-refractivity contribution in [2.75, 3.05) is 19.6 Å². The zero-order valence-corrected chi connectivity index (χ0v) is 11.9. The third kappa shape index (κ3) is 3.69. The monoisotopic (exact) mass is 238 g/mol. The molecule has 2 rings (SSSR count). The molecule has 0 saturated carbocycles. The van der Waals surface area contributed by atoms with Gasteiger partial charge in [-0.15, -0.1) is 0 Å². The molecule has 1 N–H and O–H groups in total. The Hall–Kier alpha value is -0.0800. The van der Waals surface area contributed by atoms with Gasteiger partial charge in [0.1, 0.15) is 0 Å². The van der Waals surface area contributed by atoms with Crippen LogP contribution in [0.4, 0.5) is 0 Å². The molecule has 0 bridgehead atoms. The van der Waals surface area contributed by atoms with E-state index in [-0.39, 0.29) is 0 Å². The summed E-state index contributed by atoms with van der Waals surface area (Å²) in [6.07, 6.45) is 6.97. The average molecular weight is 238 g/mol. The molecule has 0 spiro atoms. The quantitative estimate of drug-likeness (QED) is 0.810. The molecule has 2 fully saturated rings. The molecule has 4 unspecified atom stereocenters. The molecule has 0 aromatic rings. The summed E-state index contributed by atoms with van der Waals surface area (Å²) < 4.78 is 0. The van der Waals surface area contributed by atoms with E-state index in [2.05, 4.69) is 31.0 Å². The van der Waals surface area contributed by atoms with Crippen LogP contribution in [0.2, 0.25) is 0 Å². The molecule has 2 saturated heterocycles. The smallest absolute Gasteiger partial charge is 0.00927 e. The van der Waals surface area contributed by atoms with Gasteiger partial charge in [-0.05, 0) is 64.0 Å². The lowest BCUT2D eigenvalue weighted by Gasteiger charge is -2.41. The summed E-state index contributed by atoms with van der Waals surface area (Å²) >= 11 is 0. The highest BCUT2D eigenvalue weighted by Crippen LogP contribution is 2.27. The van der Waals surface area contributed by atoms with Gasteiger partial charge in [0.2, 0.25) is 0 Å². The molecular formula is C15H30N2. The Labute approximate surface area is 107 Å². The number of nitrogens with one attached hydrogen (secondary N) is 1. The summed E-state index contributed by atoms with van der Waals surface area (Å²) in [5, 5.41) is 3.60. The van der Waals surface area contributed by atoms with Crippen LogP contribution in [0.3, 0.4) is 0 Å². The minimum absolute atomic E-state index is 0.794. The second kappa shape index (κ2) is 6.19. The molecule has 2 heterocycles. The fourth-order valence-electron chi connectivity index (χ4n) is 3.67. The van der Waals surface area contributed by atoms with Crippen molar-refractivity contribution < 1.29 is 0 Å². The minimum atomic E-state index is 0.794. The SMILES string of the molecule is CC1CC(C)C(C)N(CCCC2CCCN2)C1. The molecule has 2 aliphatic rings. The van der Waals surface area contributed by atoms with Gasteiger partial charge in [0.05, 0.1) is 0 Å². The van der Waals surface area contributed by atoms with E-state index < -0.39 is 0 Å². The van der Waals surface area contributed by atoms with E-state index in [4.69, 9.17) is 0 Å². The summed E-state index contributed by atoms with van der Waals surface area (Å²) in [4.78, 5) is 2.73. The lowest BCUT2D eigenvalue weighted by Crippen LogP contribution is -2.46. The molecule has 4 atom stereocenters. The molecule has 0 amide bonds. The van der Waals surface area contributed by atoms with E-state index in [1.165, 1.54) is 51.7 Å². The Kier molecular flexibility index (Phi) is 4.87. The van der Waals surface area contributed by atoms with Crippen molar-refractivity contribution in [3.05, 3.63) is 0 Å². The summed E-state index contributed by atoms with van der Waals surface area (Å²) in [6, 6.07) is 1.62. The maximum atomic E-state index is 3.60. The number of hydrogen-bond donors (Lipinski definition) is 1. The van der Waals surface area contributed by atoms with E-state index in [1.807, 2.05) is 0 Å². The summed E-state index contributed by atoms with van der Waals surface area (Å²) in [5.74, 6) is 1.77. The molecule has 0 aromatic carbocycles. The summed E-state index contributed by atoms with van der Waals surface area (Å²) in [7, 11) is 0. The second-order valence-corrected chi connectivity index (χ2v) is 6.49. The van der Waals surface area contributed by atoms with Crippen LogP contribution in [0.5, 0.6) is 0 Å². The first-order valence-corrected chi connectivity index (χ1v) is 7.64. The predicted octanol–water partition coefficient (Wildman–Crippen LogP) is 2.89. The maximum Gasteiger partial charge on any atom is 0.00927 e. The maximum absolute atomic E-state index is 3.60. The summed E-state index contributed by atoms with van der Waals surface area (Å²) in [5.41, 5.74) is 0. The summed E-state index contributed by atoms with van der Waals surface area (Å²) in [6.45, 7) is 11.1. The first kappa shape index (κ1) is 13.4. The van der Waals surface area contributed by atoms with Crippen LogP contribution in [-0.4, -0.2) is 36.6 Å². The normalized spacial score (nSPS) is 39.7. The van der Waals surface area contributed by atoms with Crippen molar-refractivity contribution in [1.82, 2.24) is 10.2 Å². The molecule has 0 radical (unpaired) electrons. The van der Waals surface area contributed by atoms with Gasteiger partial charge < -0.3 is 10.2 Å². The molecule has 0 aliphatic carbocycles. The van der Waals surface area contributed by atoms with Gasteiger partial charge in [0.25, 0.3) is 0 Å². The van der Waals surface area contributed by atoms with Crippen molar-refractivity contribution in [3.8, 4) is 0 Å². The highest BCUT2D eigenvalue weighted by molar-refractivity contribution is 4.82. The molecule has 100 valence electrons. The fraction of sp³-hybridized carbons (Fsp3) is 1.00. The van der Waals surface area contributed by atoms with Crippen LogP contribution >= 0.6 is 0 Å². The zero-order chi connectivity index (χ0) is 12.3. The highest BCUT2D eigenvalue weighted by atomic mass is 15.2. The number of rotatable bonds is 4. The van der Waals surface area contributed by atoms with E-state index >= 15 is 0 Å². The largest absolute Gasteiger partial charge is 0.314 e. The fourth-order valence-corrected chi connectivity index (χ4v) is 3.67. The van der Waals surface area contributed by atoms with Crippen LogP contribution in [-0.2, 0) is 0 Å². The predicted molar refractivity (Wildman–Crippen MR) is 74.2 cm³/mol. The van der Waals surface area contributed by atoms with Gasteiger partial charge in [-0.25, -0.2) is 0 Å². The minimum Gasteiger partial charge on any atom is -0.314 e. The van der Waals surface area contributed by atoms with Gasteiger partial charge in [-0.3, -0.25) is 0 Å². The van der Waals surface area contributed by atoms with Gasteiger partial charge in [0.15, 0.2) is 0 Å². The lowest BCUT2D eigenvalue weighted by atomic mass is 9.86. The van der Waals surface area contributed by atoms with Crippen LogP contribution < -0.4 is 5.32 Å². The molecule has 2 nitrogen and oxygen atoms in total. The first-order chi connectivity index (χ1) is 8.16. The Morgan fingerprint density at radius 1 is 1.24 bits per heavy atom. The van der Waals surface area contributed by atoms with E-state index in [9.17, 15) is 0 Å². The third-order valence-corrected chi connectivity index (χ3v) is 4.88. The molecule has 17 heavy (non-hydrogen) atoms. The van der Waals surface area contributed by atoms with Crippen LogP contribution in [0, 0.1) is 11.8 Å². The highest BCUT2D eigenvalue weighted by Gasteiger charge is 2.28. The molecular weight excluding hydrogens is 208 g/mol. The van der Waals surface area contributed by atoms with Gasteiger partial charge in [-0.1, -0.05) is 13.8 Å². The van der Waals surface area contributed by atoms with Crippen LogP contribution in [0.1, 0.15) is 52.9 Å². The van der Waals surface area contributed by atoms with Gasteiger partial charge >= 0.3 is 0 Å². The third-order valence-electron chi connectivity index (χ3n) is 4.88. The van der Waals surface area contributed by atoms with Crippen molar-refractivity contribution in [2.24, 2.45) is 11.8 Å². The second-order valence-electron chi connectivity index (χ2n) is 6.49. The molecule has 2 aliphatic heterocycles. The first-order valence-electron chi connectivity index (χ1n) is 7.64. The van der Waals surface area contributed by atoms with Crippen LogP contribution in [0.15, 0.2) is 0 Å². The van der Waals surface area contributed by atoms with Crippen molar-refractivity contribution in [1.29, 1.82) is 0 Å². The Morgan fingerprint density at radius 2 is 2.06 bits per heavy atom. The Bertz CT molecular complexity index is 223. The topological polar surface area (TPSA) is 15.3 Å². The van der Waals surface area contributed by atoms with Crippen molar-refractivity contribution in [2.45, 2.75) is 65.0 Å². The van der Waals surface area contributed by atoms with Gasteiger partial charge in [0, 0.05) is 18.6 Å². The van der Waals surface area contributed by atoms with E-state index in [1.54, 1.807) is 0 Å². The Morgan fingerprint density at radius 3 is 2.76 bits per heavy atom. The number of hydrogen-bond acceptors (Lipinski definition) is 2. The standard InChI is InChI=1S/C15H30N2/c1-12-10-13(2)14(3)17(11-12)9-5-7-15-6-4-8-16-15/h12-16H,4-11H2,1-3H3. The Balaban J connectivity index is 1.69. The van der Waals surface area contributed by atoms with E-state index in [0.717, 1.165) is 23.9 Å². The zero-order valence-electron chi connectivity index (χ0n) is 11.9. The van der Waals surface area contributed by atoms with E-state index in [0.29, 0.717) is 0 Å². The number of likely N-dealkylation sites (tertiary alicyclic amines) is 1. The number of nitrogens with zero attached hydrogens (tertiary/aromatic N) is 1. The van der Waals surface area contributed by atoms with Crippen molar-refractivity contribution in [3.63, 3.8) is 0 Å². The van der Waals surface area contributed by atoms with Crippen LogP contribution in [0.25, 0.3) is 0 Å². The number of piperidine rings is 1. The molecule has 2 heteroatoms.